The lowest BCUT2D eigenvalue weighted by Crippen LogP contribution is -2.01. The summed E-state index contributed by atoms with van der Waals surface area (Å²) < 4.78 is 0. The van der Waals surface area contributed by atoms with Crippen LogP contribution in [0.1, 0.15) is 50.7 Å². The van der Waals surface area contributed by atoms with E-state index in [-0.39, 0.29) is 0 Å². The first-order valence-corrected chi connectivity index (χ1v) is 15.3. The molecule has 1 aliphatic rings. The lowest BCUT2D eigenvalue weighted by atomic mass is 9.80. The van der Waals surface area contributed by atoms with Crippen molar-refractivity contribution in [3.8, 4) is 33.4 Å². The number of benzene rings is 8. The summed E-state index contributed by atoms with van der Waals surface area (Å²) in [6.07, 6.45) is 0. The van der Waals surface area contributed by atoms with Crippen molar-refractivity contribution in [2.24, 2.45) is 0 Å². The molecule has 0 unspecified atom stereocenters. The quantitative estimate of drug-likeness (QED) is 0.197. The van der Waals surface area contributed by atoms with Gasteiger partial charge in [-0.25, -0.2) is 0 Å². The SMILES string of the molecule is CC(C)c1c2c(c(C(C)C)c3ccccc13)-c1ccc(-c3ccc4ccc5cccc6ccc3c4c56)c3cccc-2c13. The van der Waals surface area contributed by atoms with Crippen molar-refractivity contribution in [3.05, 3.63) is 120 Å². The maximum atomic E-state index is 2.43. The van der Waals surface area contributed by atoms with Gasteiger partial charge in [0, 0.05) is 0 Å². The lowest BCUT2D eigenvalue weighted by molar-refractivity contribution is 0.864. The second-order valence-electron chi connectivity index (χ2n) is 12.8. The van der Waals surface area contributed by atoms with E-state index in [0.717, 1.165) is 0 Å². The average Bonchev–Trinajstić information content (AvgIpc) is 3.33. The largest absolute Gasteiger partial charge is 0.0616 e. The Kier molecular flexibility index (Phi) is 4.81. The first-order chi connectivity index (χ1) is 20.5. The molecular weight excluding hydrogens is 504 g/mol. The zero-order chi connectivity index (χ0) is 28.3. The van der Waals surface area contributed by atoms with E-state index in [1.165, 1.54) is 98.4 Å². The fraction of sp³-hybridized carbons (Fsp3) is 0.143. The molecule has 0 saturated carbocycles. The Hall–Kier alpha value is -4.68. The zero-order valence-electron chi connectivity index (χ0n) is 24.5. The molecule has 0 N–H and O–H groups in total. The van der Waals surface area contributed by atoms with E-state index in [2.05, 4.69) is 137 Å². The van der Waals surface area contributed by atoms with Crippen LogP contribution in [0.4, 0.5) is 0 Å². The van der Waals surface area contributed by atoms with Crippen LogP contribution in [0, 0.1) is 0 Å². The summed E-state index contributed by atoms with van der Waals surface area (Å²) in [6.45, 7) is 9.43. The van der Waals surface area contributed by atoms with Crippen molar-refractivity contribution in [1.82, 2.24) is 0 Å². The van der Waals surface area contributed by atoms with Gasteiger partial charge in [-0.05, 0) is 110 Å². The molecule has 0 aliphatic heterocycles. The Morgan fingerprint density at radius 2 is 0.786 bits per heavy atom. The molecule has 42 heavy (non-hydrogen) atoms. The van der Waals surface area contributed by atoms with E-state index in [9.17, 15) is 0 Å². The van der Waals surface area contributed by atoms with Crippen LogP contribution < -0.4 is 0 Å². The van der Waals surface area contributed by atoms with Crippen LogP contribution >= 0.6 is 0 Å². The van der Waals surface area contributed by atoms with Crippen LogP contribution in [-0.4, -0.2) is 0 Å². The second-order valence-corrected chi connectivity index (χ2v) is 12.8. The highest BCUT2D eigenvalue weighted by Crippen LogP contribution is 2.57. The van der Waals surface area contributed by atoms with Crippen molar-refractivity contribution in [2.45, 2.75) is 39.5 Å². The van der Waals surface area contributed by atoms with Crippen molar-refractivity contribution in [2.75, 3.05) is 0 Å². The first-order valence-electron chi connectivity index (χ1n) is 15.3. The molecule has 0 fully saturated rings. The molecule has 0 saturated heterocycles. The third kappa shape index (κ3) is 2.97. The van der Waals surface area contributed by atoms with Crippen molar-refractivity contribution < 1.29 is 0 Å². The van der Waals surface area contributed by atoms with Gasteiger partial charge in [-0.15, -0.1) is 0 Å². The standard InChI is InChI=1S/C42H32/c1-23(2)36-31-11-5-6-12-32(31)37(24(3)4)42-35-22-21-29(30-13-8-14-34(40(30)35)41(36)42)28-19-17-27-16-15-25-9-7-10-26-18-20-33(28)39(27)38(25)26/h5-24H,1-4H3. The van der Waals surface area contributed by atoms with Gasteiger partial charge in [0.05, 0.1) is 0 Å². The Morgan fingerprint density at radius 3 is 1.43 bits per heavy atom. The molecule has 0 atom stereocenters. The summed E-state index contributed by atoms with van der Waals surface area (Å²) in [6, 6.07) is 41.5. The number of rotatable bonds is 3. The molecule has 8 aromatic carbocycles. The third-order valence-corrected chi connectivity index (χ3v) is 9.85. The van der Waals surface area contributed by atoms with Crippen LogP contribution in [-0.2, 0) is 0 Å². The van der Waals surface area contributed by atoms with E-state index >= 15 is 0 Å². The number of hydrogen-bond acceptors (Lipinski definition) is 0. The molecule has 0 amide bonds. The molecule has 0 nitrogen and oxygen atoms in total. The molecule has 0 heterocycles. The minimum Gasteiger partial charge on any atom is -0.0616 e. The molecule has 9 rings (SSSR count). The number of fused-ring (bicyclic) bond motifs is 4. The normalized spacial score (nSPS) is 12.7. The van der Waals surface area contributed by atoms with E-state index in [0.29, 0.717) is 11.8 Å². The predicted molar refractivity (Wildman–Crippen MR) is 183 cm³/mol. The molecule has 200 valence electrons. The Bertz CT molecular complexity index is 2320. The predicted octanol–water partition coefficient (Wildman–Crippen LogP) is 12.5. The zero-order valence-corrected chi connectivity index (χ0v) is 24.5. The maximum absolute atomic E-state index is 2.43. The van der Waals surface area contributed by atoms with Crippen LogP contribution in [0.25, 0.3) is 87.2 Å². The summed E-state index contributed by atoms with van der Waals surface area (Å²) in [7, 11) is 0. The number of hydrogen-bond donors (Lipinski definition) is 0. The van der Waals surface area contributed by atoms with Gasteiger partial charge in [0.1, 0.15) is 0 Å². The molecule has 0 bridgehead atoms. The van der Waals surface area contributed by atoms with Gasteiger partial charge in [0.15, 0.2) is 0 Å². The van der Waals surface area contributed by atoms with Crippen molar-refractivity contribution in [1.29, 1.82) is 0 Å². The van der Waals surface area contributed by atoms with Gasteiger partial charge in [-0.2, -0.15) is 0 Å². The van der Waals surface area contributed by atoms with Crippen LogP contribution in [0.3, 0.4) is 0 Å². The molecule has 0 aromatic heterocycles. The van der Waals surface area contributed by atoms with Crippen LogP contribution in [0.5, 0.6) is 0 Å². The lowest BCUT2D eigenvalue weighted by Gasteiger charge is -2.23. The van der Waals surface area contributed by atoms with Gasteiger partial charge in [-0.1, -0.05) is 137 Å². The Balaban J connectivity index is 1.41. The van der Waals surface area contributed by atoms with Crippen LogP contribution in [0.15, 0.2) is 109 Å². The molecule has 1 aliphatic carbocycles. The van der Waals surface area contributed by atoms with Gasteiger partial charge in [0.25, 0.3) is 0 Å². The molecule has 0 heteroatoms. The third-order valence-electron chi connectivity index (χ3n) is 9.85. The molecule has 0 spiro atoms. The summed E-state index contributed by atoms with van der Waals surface area (Å²) >= 11 is 0. The monoisotopic (exact) mass is 536 g/mol. The van der Waals surface area contributed by atoms with Gasteiger partial charge in [-0.3, -0.25) is 0 Å². The fourth-order valence-corrected chi connectivity index (χ4v) is 8.28. The highest BCUT2D eigenvalue weighted by molar-refractivity contribution is 6.28. The summed E-state index contributed by atoms with van der Waals surface area (Å²) in [4.78, 5) is 0. The summed E-state index contributed by atoms with van der Waals surface area (Å²) in [5.74, 6) is 0.845. The smallest absolute Gasteiger partial charge is 0.00199 e. The second kappa shape index (κ2) is 8.43. The van der Waals surface area contributed by atoms with Crippen molar-refractivity contribution >= 4 is 53.9 Å². The van der Waals surface area contributed by atoms with Crippen LogP contribution in [0.2, 0.25) is 0 Å². The average molecular weight is 537 g/mol. The minimum absolute atomic E-state index is 0.423. The summed E-state index contributed by atoms with van der Waals surface area (Å²) in [5.41, 5.74) is 11.3. The molecule has 8 aromatic rings. The van der Waals surface area contributed by atoms with E-state index < -0.39 is 0 Å². The fourth-order valence-electron chi connectivity index (χ4n) is 8.28. The first kappa shape index (κ1) is 24.0. The van der Waals surface area contributed by atoms with Crippen molar-refractivity contribution in [3.63, 3.8) is 0 Å². The topological polar surface area (TPSA) is 0 Å². The highest BCUT2D eigenvalue weighted by atomic mass is 14.3. The Labute approximate surface area is 246 Å². The molecule has 0 radical (unpaired) electrons. The maximum Gasteiger partial charge on any atom is -0.00199 e. The van der Waals surface area contributed by atoms with Gasteiger partial charge >= 0.3 is 0 Å². The van der Waals surface area contributed by atoms with E-state index in [4.69, 9.17) is 0 Å². The summed E-state index contributed by atoms with van der Waals surface area (Å²) in [5, 5.41) is 13.6. The minimum atomic E-state index is 0.423. The molecular formula is C42H32. The Morgan fingerprint density at radius 1 is 0.333 bits per heavy atom. The van der Waals surface area contributed by atoms with Gasteiger partial charge < -0.3 is 0 Å². The van der Waals surface area contributed by atoms with Gasteiger partial charge in [0.2, 0.25) is 0 Å². The van der Waals surface area contributed by atoms with E-state index in [1.807, 2.05) is 0 Å². The van der Waals surface area contributed by atoms with E-state index in [1.54, 1.807) is 0 Å². The highest BCUT2D eigenvalue weighted by Gasteiger charge is 2.31.